The summed E-state index contributed by atoms with van der Waals surface area (Å²) in [4.78, 5) is 5.48. The van der Waals surface area contributed by atoms with Gasteiger partial charge in [0.2, 0.25) is 5.82 Å². The molecule has 0 aliphatic carbocycles. The standard InChI is InChI=1S/C24H17F2N7O3/c1-33-23(28-31-32-33)22(15-7-3-2-4-8-15)30-34-14-21-27-29-24(36-21)17-9-5-6-10-19(17)35-20-12-11-16(25)13-18(20)26/h2-13H,14H2,1H3/b30-22-. The number of halogens is 2. The van der Waals surface area contributed by atoms with E-state index in [0.717, 1.165) is 17.7 Å². The summed E-state index contributed by atoms with van der Waals surface area (Å²) < 4.78 is 40.1. The van der Waals surface area contributed by atoms with Crippen LogP contribution in [-0.4, -0.2) is 36.1 Å². The molecule has 0 aliphatic rings. The first-order valence-electron chi connectivity index (χ1n) is 10.6. The van der Waals surface area contributed by atoms with Crippen molar-refractivity contribution in [2.45, 2.75) is 6.61 Å². The van der Waals surface area contributed by atoms with E-state index in [1.807, 2.05) is 30.3 Å². The third kappa shape index (κ3) is 4.92. The number of rotatable bonds is 8. The third-order valence-corrected chi connectivity index (χ3v) is 4.92. The van der Waals surface area contributed by atoms with Crippen molar-refractivity contribution in [3.63, 3.8) is 0 Å². The van der Waals surface area contributed by atoms with Gasteiger partial charge in [-0.3, -0.25) is 0 Å². The fourth-order valence-corrected chi connectivity index (χ4v) is 3.23. The second-order valence-electron chi connectivity index (χ2n) is 7.38. The Morgan fingerprint density at radius 1 is 0.944 bits per heavy atom. The molecule has 0 saturated heterocycles. The van der Waals surface area contributed by atoms with Crippen molar-refractivity contribution in [1.82, 2.24) is 30.4 Å². The molecule has 0 saturated carbocycles. The predicted molar refractivity (Wildman–Crippen MR) is 122 cm³/mol. The summed E-state index contributed by atoms with van der Waals surface area (Å²) in [5, 5.41) is 23.7. The van der Waals surface area contributed by atoms with Gasteiger partial charge in [-0.05, 0) is 34.7 Å². The van der Waals surface area contributed by atoms with Gasteiger partial charge in [0.25, 0.3) is 11.8 Å². The summed E-state index contributed by atoms with van der Waals surface area (Å²) in [5.41, 5.74) is 1.59. The molecule has 10 nitrogen and oxygen atoms in total. The number of aromatic nitrogens is 6. The Morgan fingerprint density at radius 2 is 1.75 bits per heavy atom. The van der Waals surface area contributed by atoms with E-state index in [-0.39, 0.29) is 29.9 Å². The molecule has 0 atom stereocenters. The van der Waals surface area contributed by atoms with Gasteiger partial charge in [0.05, 0.1) is 5.56 Å². The van der Waals surface area contributed by atoms with Crippen LogP contribution in [0.25, 0.3) is 11.5 Å². The van der Waals surface area contributed by atoms with Gasteiger partial charge in [-0.2, -0.15) is 0 Å². The molecule has 0 radical (unpaired) electrons. The molecular weight excluding hydrogens is 472 g/mol. The van der Waals surface area contributed by atoms with Crippen LogP contribution in [0.2, 0.25) is 0 Å². The molecule has 0 N–H and O–H groups in total. The second-order valence-corrected chi connectivity index (χ2v) is 7.38. The Bertz CT molecular complexity index is 1520. The molecule has 12 heteroatoms. The van der Waals surface area contributed by atoms with Crippen LogP contribution in [0.4, 0.5) is 8.78 Å². The molecule has 180 valence electrons. The molecule has 0 fully saturated rings. The Hall–Kier alpha value is -5.00. The fraction of sp³-hybridized carbons (Fsp3) is 0.0833. The van der Waals surface area contributed by atoms with Crippen molar-refractivity contribution >= 4 is 5.71 Å². The minimum Gasteiger partial charge on any atom is -0.453 e. The molecule has 36 heavy (non-hydrogen) atoms. The third-order valence-electron chi connectivity index (χ3n) is 4.92. The van der Waals surface area contributed by atoms with Crippen molar-refractivity contribution in [2.75, 3.05) is 0 Å². The number of hydrogen-bond acceptors (Lipinski definition) is 9. The van der Waals surface area contributed by atoms with E-state index >= 15 is 0 Å². The zero-order valence-electron chi connectivity index (χ0n) is 18.7. The van der Waals surface area contributed by atoms with Crippen molar-refractivity contribution in [1.29, 1.82) is 0 Å². The van der Waals surface area contributed by atoms with E-state index in [1.165, 1.54) is 10.7 Å². The lowest BCUT2D eigenvalue weighted by Crippen LogP contribution is -2.12. The lowest BCUT2D eigenvalue weighted by Gasteiger charge is -2.09. The van der Waals surface area contributed by atoms with E-state index in [9.17, 15) is 8.78 Å². The van der Waals surface area contributed by atoms with E-state index in [1.54, 1.807) is 31.3 Å². The molecule has 0 bridgehead atoms. The quantitative estimate of drug-likeness (QED) is 0.234. The van der Waals surface area contributed by atoms with Gasteiger partial charge in [-0.15, -0.1) is 15.3 Å². The van der Waals surface area contributed by atoms with Gasteiger partial charge >= 0.3 is 0 Å². The lowest BCUT2D eigenvalue weighted by atomic mass is 10.1. The number of oxime groups is 1. The van der Waals surface area contributed by atoms with Crippen LogP contribution >= 0.6 is 0 Å². The van der Waals surface area contributed by atoms with Crippen molar-refractivity contribution in [3.8, 4) is 23.0 Å². The number of hydrogen-bond donors (Lipinski definition) is 0. The van der Waals surface area contributed by atoms with Gasteiger partial charge in [0.1, 0.15) is 11.6 Å². The number of benzene rings is 3. The molecule has 0 unspecified atom stereocenters. The summed E-state index contributed by atoms with van der Waals surface area (Å²) in [7, 11) is 1.69. The van der Waals surface area contributed by atoms with Gasteiger partial charge in [-0.25, -0.2) is 13.5 Å². The van der Waals surface area contributed by atoms with Gasteiger partial charge in [0.15, 0.2) is 23.9 Å². The Morgan fingerprint density at radius 3 is 2.53 bits per heavy atom. The van der Waals surface area contributed by atoms with Gasteiger partial charge in [-0.1, -0.05) is 47.6 Å². The first-order chi connectivity index (χ1) is 17.6. The molecular formula is C24H17F2N7O3. The normalized spacial score (nSPS) is 11.5. The predicted octanol–water partition coefficient (Wildman–Crippen LogP) is 4.30. The fourth-order valence-electron chi connectivity index (χ4n) is 3.23. The van der Waals surface area contributed by atoms with E-state index in [0.29, 0.717) is 17.1 Å². The minimum absolute atomic E-state index is 0.122. The Kier molecular flexibility index (Phi) is 6.38. The smallest absolute Gasteiger partial charge is 0.257 e. The molecule has 2 heterocycles. The first kappa shape index (κ1) is 22.8. The maximum atomic E-state index is 14.1. The van der Waals surface area contributed by atoms with Crippen LogP contribution in [0.15, 0.2) is 82.4 Å². The molecule has 2 aromatic heterocycles. The van der Waals surface area contributed by atoms with Crippen LogP contribution in [0, 0.1) is 11.6 Å². The number of tetrazole rings is 1. The highest BCUT2D eigenvalue weighted by atomic mass is 19.1. The van der Waals surface area contributed by atoms with Crippen LogP contribution < -0.4 is 4.74 Å². The van der Waals surface area contributed by atoms with E-state index in [4.69, 9.17) is 14.0 Å². The second kappa shape index (κ2) is 10.1. The SMILES string of the molecule is Cn1nnnc1/C(=N\OCc1nnc(-c2ccccc2Oc2ccc(F)cc2F)o1)c1ccccc1. The molecule has 0 amide bonds. The molecule has 5 aromatic rings. The summed E-state index contributed by atoms with van der Waals surface area (Å²) in [6.07, 6.45) is 0. The number of nitrogens with zero attached hydrogens (tertiary/aromatic N) is 7. The molecule has 5 rings (SSSR count). The van der Waals surface area contributed by atoms with Crippen LogP contribution in [0.1, 0.15) is 17.3 Å². The average Bonchev–Trinajstić information content (AvgIpc) is 3.53. The highest BCUT2D eigenvalue weighted by molar-refractivity contribution is 6.10. The lowest BCUT2D eigenvalue weighted by molar-refractivity contribution is 0.111. The zero-order valence-corrected chi connectivity index (χ0v) is 18.7. The monoisotopic (exact) mass is 489 g/mol. The maximum absolute atomic E-state index is 14.1. The number of ether oxygens (including phenoxy) is 1. The largest absolute Gasteiger partial charge is 0.453 e. The molecule has 0 aliphatic heterocycles. The maximum Gasteiger partial charge on any atom is 0.257 e. The zero-order chi connectivity index (χ0) is 24.9. The van der Waals surface area contributed by atoms with E-state index in [2.05, 4.69) is 30.9 Å². The van der Waals surface area contributed by atoms with Crippen LogP contribution in [0.3, 0.4) is 0 Å². The Labute approximate surface area is 202 Å². The van der Waals surface area contributed by atoms with Crippen LogP contribution in [0.5, 0.6) is 11.5 Å². The first-order valence-corrected chi connectivity index (χ1v) is 10.6. The Balaban J connectivity index is 1.35. The van der Waals surface area contributed by atoms with Gasteiger partial charge in [0, 0.05) is 18.7 Å². The van der Waals surface area contributed by atoms with Crippen LogP contribution in [-0.2, 0) is 18.5 Å². The molecule has 3 aromatic carbocycles. The van der Waals surface area contributed by atoms with Crippen molar-refractivity contribution < 1.29 is 22.8 Å². The highest BCUT2D eigenvalue weighted by Crippen LogP contribution is 2.33. The topological polar surface area (TPSA) is 113 Å². The number of para-hydroxylation sites is 1. The van der Waals surface area contributed by atoms with Gasteiger partial charge < -0.3 is 14.0 Å². The highest BCUT2D eigenvalue weighted by Gasteiger charge is 2.17. The average molecular weight is 489 g/mol. The van der Waals surface area contributed by atoms with Crippen molar-refractivity contribution in [3.05, 3.63) is 102 Å². The summed E-state index contributed by atoms with van der Waals surface area (Å²) in [6.45, 7) is -0.135. The number of aryl methyl sites for hydroxylation is 1. The van der Waals surface area contributed by atoms with E-state index < -0.39 is 11.6 Å². The minimum atomic E-state index is -0.838. The summed E-state index contributed by atoms with van der Waals surface area (Å²) >= 11 is 0. The van der Waals surface area contributed by atoms with Crippen molar-refractivity contribution in [2.24, 2.45) is 12.2 Å². The summed E-state index contributed by atoms with van der Waals surface area (Å²) in [5.74, 6) is -0.771. The summed E-state index contributed by atoms with van der Waals surface area (Å²) in [6, 6.07) is 19.0. The molecule has 0 spiro atoms.